The van der Waals surface area contributed by atoms with Crippen molar-refractivity contribution < 1.29 is 9.53 Å². The molecule has 3 N–H and O–H groups in total. The van der Waals surface area contributed by atoms with Crippen molar-refractivity contribution in [1.29, 1.82) is 0 Å². The molecule has 0 spiro atoms. The predicted octanol–water partition coefficient (Wildman–Crippen LogP) is 4.41. The number of amides is 1. The minimum Gasteiger partial charge on any atom is -0.486 e. The molecule has 7 nitrogen and oxygen atoms in total. The number of pyridine rings is 1. The van der Waals surface area contributed by atoms with Crippen LogP contribution in [0.4, 0.5) is 11.5 Å². The Bertz CT molecular complexity index is 1250. The van der Waals surface area contributed by atoms with E-state index in [2.05, 4.69) is 20.3 Å². The molecule has 2 aromatic heterocycles. The fourth-order valence-electron chi connectivity index (χ4n) is 2.95. The van der Waals surface area contributed by atoms with Crippen LogP contribution in [0.3, 0.4) is 0 Å². The van der Waals surface area contributed by atoms with Crippen molar-refractivity contribution in [1.82, 2.24) is 15.0 Å². The molecule has 0 aliphatic heterocycles. The van der Waals surface area contributed by atoms with Crippen LogP contribution < -0.4 is 15.8 Å². The van der Waals surface area contributed by atoms with Crippen LogP contribution >= 0.6 is 11.6 Å². The number of nitrogens with two attached hydrogens (primary N) is 1. The first-order chi connectivity index (χ1) is 14.5. The maximum atomic E-state index is 11.6. The van der Waals surface area contributed by atoms with Gasteiger partial charge in [0, 0.05) is 16.8 Å². The topological polar surface area (TPSA) is 103 Å². The predicted molar refractivity (Wildman–Crippen MR) is 116 cm³/mol. The van der Waals surface area contributed by atoms with Crippen LogP contribution in [0.25, 0.3) is 10.9 Å². The summed E-state index contributed by atoms with van der Waals surface area (Å²) in [6.45, 7) is 2.24. The highest BCUT2D eigenvalue weighted by atomic mass is 35.5. The number of nitrogens with one attached hydrogen (secondary N) is 1. The van der Waals surface area contributed by atoms with Gasteiger partial charge in [0.1, 0.15) is 18.2 Å². The van der Waals surface area contributed by atoms with Gasteiger partial charge in [-0.15, -0.1) is 0 Å². The number of primary amides is 1. The third-order valence-electron chi connectivity index (χ3n) is 4.34. The smallest absolute Gasteiger partial charge is 0.286 e. The van der Waals surface area contributed by atoms with Crippen molar-refractivity contribution in [3.05, 3.63) is 82.9 Å². The van der Waals surface area contributed by atoms with Crippen LogP contribution in [-0.4, -0.2) is 20.9 Å². The van der Waals surface area contributed by atoms with Gasteiger partial charge in [0.15, 0.2) is 0 Å². The molecule has 0 unspecified atom stereocenters. The van der Waals surface area contributed by atoms with Crippen LogP contribution in [0.15, 0.2) is 60.7 Å². The van der Waals surface area contributed by atoms with Gasteiger partial charge in [-0.05, 0) is 49.4 Å². The summed E-state index contributed by atoms with van der Waals surface area (Å²) in [7, 11) is 0. The first kappa shape index (κ1) is 19.6. The number of ether oxygens (including phenoxy) is 1. The van der Waals surface area contributed by atoms with Crippen molar-refractivity contribution in [2.45, 2.75) is 13.5 Å². The Hall–Kier alpha value is -3.71. The summed E-state index contributed by atoms with van der Waals surface area (Å²) in [4.78, 5) is 24.4. The van der Waals surface area contributed by atoms with Gasteiger partial charge in [0.2, 0.25) is 5.82 Å². The number of carbonyl (C=O) groups is 1. The molecule has 2 aromatic carbocycles. The zero-order valence-corrected chi connectivity index (χ0v) is 16.8. The summed E-state index contributed by atoms with van der Waals surface area (Å²) >= 11 is 6.40. The Labute approximate surface area is 177 Å². The third-order valence-corrected chi connectivity index (χ3v) is 4.64. The molecule has 0 fully saturated rings. The molecule has 0 saturated carbocycles. The lowest BCUT2D eigenvalue weighted by Gasteiger charge is -2.12. The first-order valence-corrected chi connectivity index (χ1v) is 9.56. The van der Waals surface area contributed by atoms with Crippen molar-refractivity contribution in [2.75, 3.05) is 5.32 Å². The fraction of sp³-hybridized carbons (Fsp3) is 0.0909. The molecular weight excluding hydrogens is 402 g/mol. The van der Waals surface area contributed by atoms with Gasteiger partial charge in [-0.3, -0.25) is 9.78 Å². The summed E-state index contributed by atoms with van der Waals surface area (Å²) in [5, 5.41) is 4.37. The average Bonchev–Trinajstić information content (AvgIpc) is 2.73. The standard InChI is InChI=1S/C22H18ClN5O2/c1-13-5-4-6-15(25-13)12-30-19-10-9-14(11-17(19)23)26-21-16-7-2-3-8-18(16)27-22(28-21)20(24)29/h2-11H,12H2,1H3,(H2,24,29)(H,26,27,28). The monoisotopic (exact) mass is 419 g/mol. The Morgan fingerprint density at radius 2 is 1.90 bits per heavy atom. The maximum absolute atomic E-state index is 11.6. The molecule has 30 heavy (non-hydrogen) atoms. The van der Waals surface area contributed by atoms with Crippen molar-refractivity contribution >= 4 is 39.9 Å². The van der Waals surface area contributed by atoms with Crippen LogP contribution in [0.1, 0.15) is 22.0 Å². The first-order valence-electron chi connectivity index (χ1n) is 9.18. The molecule has 0 saturated heterocycles. The summed E-state index contributed by atoms with van der Waals surface area (Å²) in [5.74, 6) is 0.238. The highest BCUT2D eigenvalue weighted by molar-refractivity contribution is 6.32. The lowest BCUT2D eigenvalue weighted by atomic mass is 10.2. The summed E-state index contributed by atoms with van der Waals surface area (Å²) in [6.07, 6.45) is 0. The Kier molecular flexibility index (Phi) is 5.45. The molecule has 1 amide bonds. The number of fused-ring (bicyclic) bond motifs is 1. The molecule has 0 radical (unpaired) electrons. The second kappa shape index (κ2) is 8.34. The van der Waals surface area contributed by atoms with E-state index in [1.807, 2.05) is 49.4 Å². The number of benzene rings is 2. The Balaban J connectivity index is 1.57. The van der Waals surface area contributed by atoms with Gasteiger partial charge in [0.05, 0.1) is 16.2 Å². The Morgan fingerprint density at radius 3 is 2.67 bits per heavy atom. The number of para-hydroxylation sites is 1. The van der Waals surface area contributed by atoms with Crippen LogP contribution in [0.2, 0.25) is 5.02 Å². The van der Waals surface area contributed by atoms with Crippen LogP contribution in [-0.2, 0) is 6.61 Å². The molecule has 2 heterocycles. The highest BCUT2D eigenvalue weighted by Crippen LogP contribution is 2.31. The highest BCUT2D eigenvalue weighted by Gasteiger charge is 2.12. The molecule has 0 aliphatic carbocycles. The number of anilines is 2. The van der Waals surface area contributed by atoms with E-state index in [4.69, 9.17) is 22.1 Å². The van der Waals surface area contributed by atoms with Crippen molar-refractivity contribution in [3.8, 4) is 5.75 Å². The van der Waals surface area contributed by atoms with E-state index in [9.17, 15) is 4.79 Å². The van der Waals surface area contributed by atoms with E-state index >= 15 is 0 Å². The number of aryl methyl sites for hydroxylation is 1. The summed E-state index contributed by atoms with van der Waals surface area (Å²) < 4.78 is 5.79. The second-order valence-corrected chi connectivity index (χ2v) is 7.01. The van der Waals surface area contributed by atoms with E-state index in [0.717, 1.165) is 16.8 Å². The third kappa shape index (κ3) is 4.31. The minimum absolute atomic E-state index is 0.0621. The molecule has 0 aliphatic rings. The number of nitrogens with zero attached hydrogens (tertiary/aromatic N) is 3. The summed E-state index contributed by atoms with van der Waals surface area (Å²) in [6, 6.07) is 18.4. The van der Waals surface area contributed by atoms with Crippen LogP contribution in [0.5, 0.6) is 5.75 Å². The summed E-state index contributed by atoms with van der Waals surface area (Å²) in [5.41, 5.74) is 8.40. The van der Waals surface area contributed by atoms with Gasteiger partial charge in [0.25, 0.3) is 5.91 Å². The van der Waals surface area contributed by atoms with Gasteiger partial charge in [-0.2, -0.15) is 0 Å². The lowest BCUT2D eigenvalue weighted by Crippen LogP contribution is -2.16. The molecule has 4 aromatic rings. The molecule has 4 rings (SSSR count). The van der Waals surface area contributed by atoms with Crippen LogP contribution in [0, 0.1) is 6.92 Å². The van der Waals surface area contributed by atoms with E-state index in [1.54, 1.807) is 18.2 Å². The zero-order valence-electron chi connectivity index (χ0n) is 16.1. The largest absolute Gasteiger partial charge is 0.486 e. The van der Waals surface area contributed by atoms with E-state index in [1.165, 1.54) is 0 Å². The van der Waals surface area contributed by atoms with E-state index in [-0.39, 0.29) is 5.82 Å². The number of carbonyl (C=O) groups excluding carboxylic acids is 1. The van der Waals surface area contributed by atoms with Gasteiger partial charge < -0.3 is 15.8 Å². The number of rotatable bonds is 6. The average molecular weight is 420 g/mol. The molecular formula is C22H18ClN5O2. The lowest BCUT2D eigenvalue weighted by molar-refractivity contribution is 0.0991. The maximum Gasteiger partial charge on any atom is 0.286 e. The SMILES string of the molecule is Cc1cccc(COc2ccc(Nc3nc(C(N)=O)nc4ccccc34)cc2Cl)n1. The van der Waals surface area contributed by atoms with Crippen molar-refractivity contribution in [3.63, 3.8) is 0 Å². The molecule has 0 bridgehead atoms. The zero-order chi connectivity index (χ0) is 21.1. The second-order valence-electron chi connectivity index (χ2n) is 6.61. The number of halogens is 1. The molecule has 0 atom stereocenters. The number of aromatic nitrogens is 3. The minimum atomic E-state index is -0.699. The van der Waals surface area contributed by atoms with E-state index in [0.29, 0.717) is 34.4 Å². The van der Waals surface area contributed by atoms with Gasteiger partial charge >= 0.3 is 0 Å². The van der Waals surface area contributed by atoms with E-state index < -0.39 is 5.91 Å². The van der Waals surface area contributed by atoms with Gasteiger partial charge in [-0.25, -0.2) is 9.97 Å². The fourth-order valence-corrected chi connectivity index (χ4v) is 3.18. The number of hydrogen-bond acceptors (Lipinski definition) is 6. The molecule has 8 heteroatoms. The molecule has 150 valence electrons. The van der Waals surface area contributed by atoms with Gasteiger partial charge in [-0.1, -0.05) is 29.8 Å². The van der Waals surface area contributed by atoms with Crippen molar-refractivity contribution in [2.24, 2.45) is 5.73 Å². The normalized spacial score (nSPS) is 10.7. The number of hydrogen-bond donors (Lipinski definition) is 2. The quantitative estimate of drug-likeness (QED) is 0.480. The Morgan fingerprint density at radius 1 is 1.07 bits per heavy atom.